The number of allylic oxidation sites excluding steroid dienone is 2. The Hall–Kier alpha value is -3.01. The molecule has 1 heterocycles. The molecule has 3 rings (SSSR count). The summed E-state index contributed by atoms with van der Waals surface area (Å²) in [6.07, 6.45) is 6.99. The Morgan fingerprint density at radius 1 is 1.03 bits per heavy atom. The monoisotopic (exact) mass is 433 g/mol. The lowest BCUT2D eigenvalue weighted by atomic mass is 9.87. The van der Waals surface area contributed by atoms with Gasteiger partial charge in [-0.15, -0.1) is 0 Å². The third-order valence-electron chi connectivity index (χ3n) is 6.18. The molecule has 0 atom stereocenters. The normalized spacial score (nSPS) is 15.7. The number of ketones is 1. The van der Waals surface area contributed by atoms with Gasteiger partial charge in [-0.1, -0.05) is 50.3 Å². The molecule has 168 valence electrons. The summed E-state index contributed by atoms with van der Waals surface area (Å²) in [5, 5.41) is 0. The molecule has 2 aromatic carbocycles. The summed E-state index contributed by atoms with van der Waals surface area (Å²) >= 11 is 0. The molecule has 0 saturated carbocycles. The Bertz CT molecular complexity index is 1010. The fourth-order valence-corrected chi connectivity index (χ4v) is 4.33. The predicted octanol–water partition coefficient (Wildman–Crippen LogP) is 6.26. The quantitative estimate of drug-likeness (QED) is 0.294. The van der Waals surface area contributed by atoms with Crippen LogP contribution in [0.4, 0.5) is 4.39 Å². The molecular formula is C28H32FNO2. The SMILES string of the molecule is C/C=C(C(=O)N1CCC(c2cccc(CC)c2)CC1)\C(=C/CC)C(=O)c1ccc(F)cc1. The molecule has 0 radical (unpaired) electrons. The molecule has 4 heteroatoms. The topological polar surface area (TPSA) is 37.4 Å². The number of amides is 1. The van der Waals surface area contributed by atoms with Crippen LogP contribution in [0.5, 0.6) is 0 Å². The molecule has 1 aliphatic rings. The lowest BCUT2D eigenvalue weighted by molar-refractivity contribution is -0.127. The smallest absolute Gasteiger partial charge is 0.254 e. The highest BCUT2D eigenvalue weighted by Crippen LogP contribution is 2.30. The first-order valence-corrected chi connectivity index (χ1v) is 11.5. The third kappa shape index (κ3) is 5.42. The fourth-order valence-electron chi connectivity index (χ4n) is 4.33. The third-order valence-corrected chi connectivity index (χ3v) is 6.18. The standard InChI is InChI=1S/C28H32FNO2/c1-4-8-26(27(31)22-11-13-24(29)14-12-22)25(6-3)28(32)30-17-15-21(16-18-30)23-10-7-9-20(5-2)19-23/h6-14,19,21H,4-5,15-18H2,1-3H3/b25-6+,26-8+. The van der Waals surface area contributed by atoms with Crippen LogP contribution in [-0.4, -0.2) is 29.7 Å². The van der Waals surface area contributed by atoms with Gasteiger partial charge in [-0.25, -0.2) is 4.39 Å². The predicted molar refractivity (Wildman–Crippen MR) is 127 cm³/mol. The Labute approximate surface area is 190 Å². The van der Waals surface area contributed by atoms with Crippen molar-refractivity contribution in [3.63, 3.8) is 0 Å². The summed E-state index contributed by atoms with van der Waals surface area (Å²) in [5.41, 5.74) is 3.89. The Morgan fingerprint density at radius 3 is 2.31 bits per heavy atom. The molecule has 0 unspecified atom stereocenters. The number of halogens is 1. The van der Waals surface area contributed by atoms with E-state index in [1.807, 2.05) is 11.8 Å². The van der Waals surface area contributed by atoms with Crippen molar-refractivity contribution in [3.05, 3.63) is 94.3 Å². The second-order valence-electron chi connectivity index (χ2n) is 8.23. The van der Waals surface area contributed by atoms with Gasteiger partial charge >= 0.3 is 0 Å². The highest BCUT2D eigenvalue weighted by molar-refractivity contribution is 6.18. The molecule has 0 aromatic heterocycles. The molecule has 3 nitrogen and oxygen atoms in total. The van der Waals surface area contributed by atoms with Gasteiger partial charge in [-0.05, 0) is 73.9 Å². The van der Waals surface area contributed by atoms with Crippen LogP contribution in [0.2, 0.25) is 0 Å². The minimum atomic E-state index is -0.391. The first-order chi connectivity index (χ1) is 15.5. The highest BCUT2D eigenvalue weighted by atomic mass is 19.1. The van der Waals surface area contributed by atoms with Gasteiger partial charge in [0, 0.05) is 29.8 Å². The van der Waals surface area contributed by atoms with Crippen LogP contribution in [0, 0.1) is 5.82 Å². The molecule has 0 N–H and O–H groups in total. The van der Waals surface area contributed by atoms with Gasteiger partial charge in [0.2, 0.25) is 0 Å². The van der Waals surface area contributed by atoms with E-state index in [1.165, 1.54) is 35.4 Å². The van der Waals surface area contributed by atoms with Gasteiger partial charge in [0.05, 0.1) is 0 Å². The first-order valence-electron chi connectivity index (χ1n) is 11.5. The summed E-state index contributed by atoms with van der Waals surface area (Å²) < 4.78 is 13.3. The van der Waals surface area contributed by atoms with Crippen LogP contribution < -0.4 is 0 Å². The van der Waals surface area contributed by atoms with Crippen molar-refractivity contribution in [2.24, 2.45) is 0 Å². The van der Waals surface area contributed by atoms with Crippen LogP contribution >= 0.6 is 0 Å². The lowest BCUT2D eigenvalue weighted by Crippen LogP contribution is -2.39. The van der Waals surface area contributed by atoms with Gasteiger partial charge in [0.25, 0.3) is 5.91 Å². The maximum Gasteiger partial charge on any atom is 0.254 e. The molecule has 1 amide bonds. The van der Waals surface area contributed by atoms with Crippen molar-refractivity contribution in [1.82, 2.24) is 4.90 Å². The number of hydrogen-bond donors (Lipinski definition) is 0. The number of carbonyl (C=O) groups is 2. The number of nitrogens with zero attached hydrogens (tertiary/aromatic N) is 1. The summed E-state index contributed by atoms with van der Waals surface area (Å²) in [4.78, 5) is 28.4. The zero-order chi connectivity index (χ0) is 23.1. The van der Waals surface area contributed by atoms with Gasteiger partial charge < -0.3 is 4.90 Å². The fraction of sp³-hybridized carbons (Fsp3) is 0.357. The molecule has 32 heavy (non-hydrogen) atoms. The van der Waals surface area contributed by atoms with Crippen molar-refractivity contribution in [1.29, 1.82) is 0 Å². The van der Waals surface area contributed by atoms with E-state index >= 15 is 0 Å². The molecule has 1 saturated heterocycles. The van der Waals surface area contributed by atoms with Gasteiger partial charge in [-0.2, -0.15) is 0 Å². The average Bonchev–Trinajstić information content (AvgIpc) is 2.84. The minimum Gasteiger partial charge on any atom is -0.339 e. The second-order valence-corrected chi connectivity index (χ2v) is 8.23. The molecule has 0 spiro atoms. The van der Waals surface area contributed by atoms with E-state index in [0.717, 1.165) is 19.3 Å². The molecule has 0 bridgehead atoms. The molecule has 1 fully saturated rings. The number of hydrogen-bond acceptors (Lipinski definition) is 2. The summed E-state index contributed by atoms with van der Waals surface area (Å²) in [6, 6.07) is 14.2. The van der Waals surface area contributed by atoms with Crippen molar-refractivity contribution in [2.45, 2.75) is 52.4 Å². The maximum atomic E-state index is 13.4. The lowest BCUT2D eigenvalue weighted by Gasteiger charge is -2.33. The zero-order valence-corrected chi connectivity index (χ0v) is 19.2. The molecule has 1 aliphatic heterocycles. The maximum absolute atomic E-state index is 13.4. The molecule has 0 aliphatic carbocycles. The number of carbonyl (C=O) groups excluding carboxylic acids is 2. The number of benzene rings is 2. The number of likely N-dealkylation sites (tertiary alicyclic amines) is 1. The van der Waals surface area contributed by atoms with Crippen LogP contribution in [0.25, 0.3) is 0 Å². The Kier molecular flexibility index (Phi) is 8.15. The van der Waals surface area contributed by atoms with Gasteiger partial charge in [0.1, 0.15) is 5.82 Å². The van der Waals surface area contributed by atoms with Crippen LogP contribution in [0.15, 0.2) is 71.8 Å². The molecular weight excluding hydrogens is 401 g/mol. The van der Waals surface area contributed by atoms with Gasteiger partial charge in [-0.3, -0.25) is 9.59 Å². The summed E-state index contributed by atoms with van der Waals surface area (Å²) in [6.45, 7) is 7.22. The molecule has 2 aromatic rings. The first kappa shape index (κ1) is 23.6. The number of piperidine rings is 1. The van der Waals surface area contributed by atoms with E-state index < -0.39 is 5.82 Å². The van der Waals surface area contributed by atoms with E-state index in [9.17, 15) is 14.0 Å². The van der Waals surface area contributed by atoms with E-state index in [4.69, 9.17) is 0 Å². The van der Waals surface area contributed by atoms with Crippen LogP contribution in [-0.2, 0) is 11.2 Å². The van der Waals surface area contributed by atoms with Crippen molar-refractivity contribution in [3.8, 4) is 0 Å². The van der Waals surface area contributed by atoms with Crippen molar-refractivity contribution < 1.29 is 14.0 Å². The van der Waals surface area contributed by atoms with E-state index in [1.54, 1.807) is 19.1 Å². The van der Waals surface area contributed by atoms with E-state index in [2.05, 4.69) is 31.2 Å². The summed E-state index contributed by atoms with van der Waals surface area (Å²) in [7, 11) is 0. The Balaban J connectivity index is 1.74. The largest absolute Gasteiger partial charge is 0.339 e. The average molecular weight is 434 g/mol. The van der Waals surface area contributed by atoms with Crippen molar-refractivity contribution in [2.75, 3.05) is 13.1 Å². The Morgan fingerprint density at radius 2 is 1.72 bits per heavy atom. The number of aryl methyl sites for hydroxylation is 1. The van der Waals surface area contributed by atoms with E-state index in [0.29, 0.717) is 42.1 Å². The van der Waals surface area contributed by atoms with Crippen molar-refractivity contribution >= 4 is 11.7 Å². The highest BCUT2D eigenvalue weighted by Gasteiger charge is 2.29. The summed E-state index contributed by atoms with van der Waals surface area (Å²) in [5.74, 6) is -0.300. The van der Waals surface area contributed by atoms with Gasteiger partial charge in [0.15, 0.2) is 5.78 Å². The van der Waals surface area contributed by atoms with Crippen LogP contribution in [0.3, 0.4) is 0 Å². The zero-order valence-electron chi connectivity index (χ0n) is 19.2. The number of rotatable bonds is 7. The van der Waals surface area contributed by atoms with Crippen LogP contribution in [0.1, 0.15) is 67.4 Å². The number of Topliss-reactive ketones (excluding diaryl/α,β-unsaturated/α-hetero) is 1. The minimum absolute atomic E-state index is 0.108. The van der Waals surface area contributed by atoms with E-state index in [-0.39, 0.29) is 11.7 Å². The second kappa shape index (κ2) is 11.0.